The number of nitrogens with zero attached hydrogens (tertiary/aromatic N) is 2. The molecular formula is C21H27N3O3S. The van der Waals surface area contributed by atoms with E-state index in [4.69, 9.17) is 4.74 Å². The van der Waals surface area contributed by atoms with Crippen LogP contribution in [0.2, 0.25) is 0 Å². The molecule has 3 atom stereocenters. The topological polar surface area (TPSA) is 71.5 Å². The number of hydrogen-bond donors (Lipinski definition) is 1. The van der Waals surface area contributed by atoms with Crippen LogP contribution in [0.1, 0.15) is 56.8 Å². The number of rotatable bonds is 5. The standard InChI is InChI=1S/C21H27N3O3S/c1-14(15-8-6-5-7-9-15)24-12-10-16(19(24)25)17(18-22-11-13-28-18)23-20(26)27-21(2,3)4/h5-9,11,13-14,16-17H,10,12H2,1-4H3,(H,23,26)/t14?,16?,17-/m1/s1. The zero-order chi connectivity index (χ0) is 20.3. The van der Waals surface area contributed by atoms with Gasteiger partial charge in [0, 0.05) is 18.1 Å². The third-order valence-electron chi connectivity index (χ3n) is 4.82. The van der Waals surface area contributed by atoms with E-state index in [1.807, 2.05) is 68.3 Å². The van der Waals surface area contributed by atoms with Gasteiger partial charge in [-0.1, -0.05) is 30.3 Å². The predicted octanol–water partition coefficient (Wildman–Crippen LogP) is 4.32. The summed E-state index contributed by atoms with van der Waals surface area (Å²) < 4.78 is 5.41. The molecule has 6 nitrogen and oxygen atoms in total. The molecule has 150 valence electrons. The van der Waals surface area contributed by atoms with Crippen LogP contribution in [0.5, 0.6) is 0 Å². The van der Waals surface area contributed by atoms with Crippen molar-refractivity contribution in [3.8, 4) is 0 Å². The van der Waals surface area contributed by atoms with Crippen LogP contribution in [0.25, 0.3) is 0 Å². The van der Waals surface area contributed by atoms with E-state index in [9.17, 15) is 9.59 Å². The van der Waals surface area contributed by atoms with E-state index in [2.05, 4.69) is 10.3 Å². The molecule has 1 N–H and O–H groups in total. The minimum Gasteiger partial charge on any atom is -0.444 e. The van der Waals surface area contributed by atoms with Gasteiger partial charge in [0.1, 0.15) is 10.6 Å². The maximum Gasteiger partial charge on any atom is 0.408 e. The van der Waals surface area contributed by atoms with E-state index in [-0.39, 0.29) is 17.9 Å². The molecule has 3 rings (SSSR count). The highest BCUT2D eigenvalue weighted by Gasteiger charge is 2.42. The smallest absolute Gasteiger partial charge is 0.408 e. The van der Waals surface area contributed by atoms with Gasteiger partial charge in [0.15, 0.2) is 0 Å². The molecule has 2 unspecified atom stereocenters. The van der Waals surface area contributed by atoms with Gasteiger partial charge < -0.3 is 15.0 Å². The third-order valence-corrected chi connectivity index (χ3v) is 5.68. The molecule has 1 fully saturated rings. The lowest BCUT2D eigenvalue weighted by Gasteiger charge is -2.28. The molecule has 0 aliphatic carbocycles. The van der Waals surface area contributed by atoms with Crippen LogP contribution in [-0.4, -0.2) is 34.0 Å². The molecule has 2 heterocycles. The van der Waals surface area contributed by atoms with Gasteiger partial charge in [-0.15, -0.1) is 11.3 Å². The van der Waals surface area contributed by atoms with E-state index in [1.165, 1.54) is 11.3 Å². The molecule has 1 saturated heterocycles. The summed E-state index contributed by atoms with van der Waals surface area (Å²) in [5, 5.41) is 5.46. The van der Waals surface area contributed by atoms with Crippen molar-refractivity contribution >= 4 is 23.3 Å². The monoisotopic (exact) mass is 401 g/mol. The highest BCUT2D eigenvalue weighted by molar-refractivity contribution is 7.09. The average Bonchev–Trinajstić information content (AvgIpc) is 3.28. The Kier molecular flexibility index (Phi) is 6.03. The molecule has 1 aliphatic rings. The van der Waals surface area contributed by atoms with Crippen LogP contribution in [0.15, 0.2) is 41.9 Å². The van der Waals surface area contributed by atoms with Gasteiger partial charge >= 0.3 is 6.09 Å². The number of carbonyl (C=O) groups is 2. The third kappa shape index (κ3) is 4.70. The second-order valence-electron chi connectivity index (χ2n) is 8.01. The molecule has 1 aromatic heterocycles. The Morgan fingerprint density at radius 3 is 2.64 bits per heavy atom. The van der Waals surface area contributed by atoms with Crippen molar-refractivity contribution in [3.63, 3.8) is 0 Å². The fourth-order valence-electron chi connectivity index (χ4n) is 3.49. The molecule has 0 bridgehead atoms. The summed E-state index contributed by atoms with van der Waals surface area (Å²) in [5.74, 6) is -0.322. The number of likely N-dealkylation sites (tertiary alicyclic amines) is 1. The zero-order valence-corrected chi connectivity index (χ0v) is 17.5. The van der Waals surface area contributed by atoms with Crippen LogP contribution in [0, 0.1) is 5.92 Å². The number of carbonyl (C=O) groups excluding carboxylic acids is 2. The molecule has 7 heteroatoms. The lowest BCUT2D eigenvalue weighted by Crippen LogP contribution is -2.40. The summed E-state index contributed by atoms with van der Waals surface area (Å²) in [7, 11) is 0. The van der Waals surface area contributed by atoms with Crippen LogP contribution in [-0.2, 0) is 9.53 Å². The molecule has 28 heavy (non-hydrogen) atoms. The van der Waals surface area contributed by atoms with Gasteiger partial charge in [-0.2, -0.15) is 0 Å². The van der Waals surface area contributed by atoms with Gasteiger partial charge in [-0.3, -0.25) is 4.79 Å². The molecule has 2 amide bonds. The lowest BCUT2D eigenvalue weighted by molar-refractivity contribution is -0.133. The van der Waals surface area contributed by atoms with Crippen LogP contribution in [0.4, 0.5) is 4.79 Å². The van der Waals surface area contributed by atoms with Crippen molar-refractivity contribution in [1.82, 2.24) is 15.2 Å². The zero-order valence-electron chi connectivity index (χ0n) is 16.7. The highest BCUT2D eigenvalue weighted by Crippen LogP contribution is 2.36. The summed E-state index contributed by atoms with van der Waals surface area (Å²) in [6.07, 6.45) is 1.82. The molecule has 0 saturated carbocycles. The summed E-state index contributed by atoms with van der Waals surface area (Å²) in [6, 6.07) is 9.48. The number of thiazole rings is 1. The van der Waals surface area contributed by atoms with Gasteiger partial charge in [0.05, 0.1) is 18.0 Å². The van der Waals surface area contributed by atoms with E-state index >= 15 is 0 Å². The first-order chi connectivity index (χ1) is 13.3. The number of nitrogens with one attached hydrogen (secondary N) is 1. The summed E-state index contributed by atoms with van der Waals surface area (Å²) in [6.45, 7) is 8.13. The Morgan fingerprint density at radius 1 is 1.32 bits per heavy atom. The van der Waals surface area contributed by atoms with Crippen molar-refractivity contribution in [2.45, 2.75) is 51.8 Å². The van der Waals surface area contributed by atoms with Crippen LogP contribution >= 0.6 is 11.3 Å². The fraction of sp³-hybridized carbons (Fsp3) is 0.476. The van der Waals surface area contributed by atoms with E-state index < -0.39 is 17.7 Å². The van der Waals surface area contributed by atoms with Gasteiger partial charge in [-0.25, -0.2) is 9.78 Å². The van der Waals surface area contributed by atoms with Gasteiger partial charge in [-0.05, 0) is 39.7 Å². The van der Waals surface area contributed by atoms with E-state index in [1.54, 1.807) is 6.20 Å². The maximum atomic E-state index is 13.2. The molecule has 1 aromatic carbocycles. The Bertz CT molecular complexity index is 802. The number of aromatic nitrogens is 1. The van der Waals surface area contributed by atoms with Crippen molar-refractivity contribution < 1.29 is 14.3 Å². The number of alkyl carbamates (subject to hydrolysis) is 1. The maximum absolute atomic E-state index is 13.2. The van der Waals surface area contributed by atoms with Crippen LogP contribution in [0.3, 0.4) is 0 Å². The molecule has 0 radical (unpaired) electrons. The molecule has 2 aromatic rings. The van der Waals surface area contributed by atoms with Crippen LogP contribution < -0.4 is 5.32 Å². The van der Waals surface area contributed by atoms with E-state index in [0.29, 0.717) is 13.0 Å². The number of benzene rings is 1. The highest BCUT2D eigenvalue weighted by atomic mass is 32.1. The molecular weight excluding hydrogens is 374 g/mol. The van der Waals surface area contributed by atoms with Gasteiger partial charge in [0.2, 0.25) is 5.91 Å². The van der Waals surface area contributed by atoms with Crippen molar-refractivity contribution in [2.75, 3.05) is 6.54 Å². The Balaban J connectivity index is 1.78. The fourth-order valence-corrected chi connectivity index (χ4v) is 4.24. The summed E-state index contributed by atoms with van der Waals surface area (Å²) in [5.41, 5.74) is 0.493. The lowest BCUT2D eigenvalue weighted by atomic mass is 9.98. The minimum absolute atomic E-state index is 0.0165. The number of amides is 2. The normalized spacial score (nSPS) is 19.4. The quantitative estimate of drug-likeness (QED) is 0.810. The van der Waals surface area contributed by atoms with Crippen molar-refractivity contribution in [1.29, 1.82) is 0 Å². The average molecular weight is 402 g/mol. The number of ether oxygens (including phenoxy) is 1. The minimum atomic E-state index is -0.606. The summed E-state index contributed by atoms with van der Waals surface area (Å²) in [4.78, 5) is 31.9. The number of hydrogen-bond acceptors (Lipinski definition) is 5. The first kappa shape index (κ1) is 20.3. The SMILES string of the molecule is CC(c1ccccc1)N1CCC([C@@H](NC(=O)OC(C)(C)C)c2nccs2)C1=O. The predicted molar refractivity (Wildman–Crippen MR) is 109 cm³/mol. The second kappa shape index (κ2) is 8.31. The molecule has 0 spiro atoms. The second-order valence-corrected chi connectivity index (χ2v) is 8.93. The van der Waals surface area contributed by atoms with E-state index in [0.717, 1.165) is 10.6 Å². The van der Waals surface area contributed by atoms with Crippen molar-refractivity contribution in [2.24, 2.45) is 5.92 Å². The first-order valence-electron chi connectivity index (χ1n) is 9.50. The Labute approximate surface area is 169 Å². The first-order valence-corrected chi connectivity index (χ1v) is 10.4. The Morgan fingerprint density at radius 2 is 2.04 bits per heavy atom. The summed E-state index contributed by atoms with van der Waals surface area (Å²) >= 11 is 1.43. The van der Waals surface area contributed by atoms with Crippen molar-refractivity contribution in [3.05, 3.63) is 52.5 Å². The molecule has 1 aliphatic heterocycles. The largest absolute Gasteiger partial charge is 0.444 e. The van der Waals surface area contributed by atoms with Gasteiger partial charge in [0.25, 0.3) is 0 Å². The Hall–Kier alpha value is -2.41.